The van der Waals surface area contributed by atoms with E-state index in [1.54, 1.807) is 11.9 Å². The third kappa shape index (κ3) is 3.65. The minimum absolute atomic E-state index is 0.179. The predicted octanol–water partition coefficient (Wildman–Crippen LogP) is 3.03. The summed E-state index contributed by atoms with van der Waals surface area (Å²) in [5.74, 6) is 1.93. The molecule has 7 heteroatoms. The second kappa shape index (κ2) is 6.96. The number of carbonyl (C=O) groups excluding carboxylic acids is 1. The molecule has 0 saturated carbocycles. The summed E-state index contributed by atoms with van der Waals surface area (Å²) in [6, 6.07) is 9.61. The number of rotatable bonds is 5. The summed E-state index contributed by atoms with van der Waals surface area (Å²) in [7, 11) is 3.70. The molecule has 2 heterocycles. The minimum atomic E-state index is -0.179. The summed E-state index contributed by atoms with van der Waals surface area (Å²) >= 11 is 0. The number of benzene rings is 1. The van der Waals surface area contributed by atoms with E-state index in [9.17, 15) is 4.79 Å². The molecule has 0 saturated heterocycles. The fraction of sp³-hybridized carbons (Fsp3) is 0.389. The molecule has 2 amide bonds. The molecule has 132 valence electrons. The van der Waals surface area contributed by atoms with Gasteiger partial charge in [-0.05, 0) is 12.1 Å². The van der Waals surface area contributed by atoms with Crippen molar-refractivity contribution in [1.82, 2.24) is 24.9 Å². The van der Waals surface area contributed by atoms with Gasteiger partial charge in [0.15, 0.2) is 0 Å². The first-order valence-corrected chi connectivity index (χ1v) is 8.30. The van der Waals surface area contributed by atoms with Gasteiger partial charge in [0.05, 0.1) is 24.1 Å². The standard InChI is InChI=1S/C18H23N5O2/c1-12(2)16-9-13(21-25-16)10-19-18(24)22(3)11-17-20-14-7-5-6-8-15(14)23(17)4/h5-9,12H,10-11H2,1-4H3,(H,19,24). The number of imidazole rings is 1. The van der Waals surface area contributed by atoms with Crippen LogP contribution in [0.2, 0.25) is 0 Å². The zero-order chi connectivity index (χ0) is 18.0. The molecule has 0 atom stereocenters. The molecular formula is C18H23N5O2. The SMILES string of the molecule is CC(C)c1cc(CNC(=O)N(C)Cc2nc3ccccc3n2C)no1. The van der Waals surface area contributed by atoms with Crippen molar-refractivity contribution in [2.24, 2.45) is 7.05 Å². The number of carbonyl (C=O) groups is 1. The summed E-state index contributed by atoms with van der Waals surface area (Å²) in [6.07, 6.45) is 0. The zero-order valence-electron chi connectivity index (χ0n) is 15.0. The number of fused-ring (bicyclic) bond motifs is 1. The highest BCUT2D eigenvalue weighted by Gasteiger charge is 2.15. The first-order valence-electron chi connectivity index (χ1n) is 8.30. The maximum absolute atomic E-state index is 12.3. The molecule has 25 heavy (non-hydrogen) atoms. The molecule has 0 aliphatic rings. The number of urea groups is 1. The van der Waals surface area contributed by atoms with E-state index in [0.717, 1.165) is 22.6 Å². The van der Waals surface area contributed by atoms with Gasteiger partial charge in [-0.25, -0.2) is 9.78 Å². The Labute approximate surface area is 146 Å². The molecule has 0 aliphatic carbocycles. The van der Waals surface area contributed by atoms with Crippen molar-refractivity contribution >= 4 is 17.1 Å². The van der Waals surface area contributed by atoms with Crippen LogP contribution in [0, 0.1) is 0 Å². The van der Waals surface area contributed by atoms with Crippen LogP contribution in [0.3, 0.4) is 0 Å². The van der Waals surface area contributed by atoms with Crippen LogP contribution in [0.1, 0.15) is 37.0 Å². The molecule has 0 unspecified atom stereocenters. The quantitative estimate of drug-likeness (QED) is 0.774. The average Bonchev–Trinajstić information content (AvgIpc) is 3.19. The summed E-state index contributed by atoms with van der Waals surface area (Å²) in [4.78, 5) is 18.5. The number of hydrogen-bond acceptors (Lipinski definition) is 4. The highest BCUT2D eigenvalue weighted by molar-refractivity contribution is 5.76. The molecule has 2 aromatic heterocycles. The zero-order valence-corrected chi connectivity index (χ0v) is 15.0. The number of nitrogens with one attached hydrogen (secondary N) is 1. The van der Waals surface area contributed by atoms with Gasteiger partial charge in [-0.3, -0.25) is 0 Å². The minimum Gasteiger partial charge on any atom is -0.361 e. The van der Waals surface area contributed by atoms with Crippen LogP contribution in [0.4, 0.5) is 4.79 Å². The predicted molar refractivity (Wildman–Crippen MR) is 95.0 cm³/mol. The van der Waals surface area contributed by atoms with Crippen molar-refractivity contribution in [2.45, 2.75) is 32.9 Å². The molecule has 0 radical (unpaired) electrons. The maximum atomic E-state index is 12.3. The number of nitrogens with zero attached hydrogens (tertiary/aromatic N) is 4. The Morgan fingerprint density at radius 1 is 1.36 bits per heavy atom. The van der Waals surface area contributed by atoms with E-state index < -0.39 is 0 Å². The van der Waals surface area contributed by atoms with Crippen molar-refractivity contribution in [3.63, 3.8) is 0 Å². The van der Waals surface area contributed by atoms with Gasteiger partial charge in [0.2, 0.25) is 0 Å². The lowest BCUT2D eigenvalue weighted by molar-refractivity contribution is 0.204. The van der Waals surface area contributed by atoms with Gasteiger partial charge >= 0.3 is 6.03 Å². The smallest absolute Gasteiger partial charge is 0.317 e. The van der Waals surface area contributed by atoms with E-state index in [0.29, 0.717) is 18.8 Å². The normalized spacial score (nSPS) is 11.2. The summed E-state index contributed by atoms with van der Waals surface area (Å²) < 4.78 is 7.24. The van der Waals surface area contributed by atoms with E-state index in [2.05, 4.69) is 15.5 Å². The molecule has 3 aromatic rings. The van der Waals surface area contributed by atoms with Crippen molar-refractivity contribution in [3.8, 4) is 0 Å². The number of aromatic nitrogens is 3. The molecule has 0 fully saturated rings. The van der Waals surface area contributed by atoms with E-state index in [1.807, 2.05) is 55.8 Å². The molecule has 1 N–H and O–H groups in total. The largest absolute Gasteiger partial charge is 0.361 e. The van der Waals surface area contributed by atoms with E-state index >= 15 is 0 Å². The van der Waals surface area contributed by atoms with E-state index in [-0.39, 0.29) is 11.9 Å². The molecule has 0 spiro atoms. The number of para-hydroxylation sites is 2. The van der Waals surface area contributed by atoms with E-state index in [4.69, 9.17) is 4.52 Å². The highest BCUT2D eigenvalue weighted by Crippen LogP contribution is 2.16. The van der Waals surface area contributed by atoms with Crippen LogP contribution in [0.25, 0.3) is 11.0 Å². The lowest BCUT2D eigenvalue weighted by Gasteiger charge is -2.17. The van der Waals surface area contributed by atoms with Gasteiger partial charge in [0.25, 0.3) is 0 Å². The number of hydrogen-bond donors (Lipinski definition) is 1. The monoisotopic (exact) mass is 341 g/mol. The molecule has 3 rings (SSSR count). The fourth-order valence-corrected chi connectivity index (χ4v) is 2.61. The Morgan fingerprint density at radius 2 is 2.12 bits per heavy atom. The Hall–Kier alpha value is -2.83. The molecule has 0 aliphatic heterocycles. The van der Waals surface area contributed by atoms with Gasteiger partial charge in [-0.2, -0.15) is 0 Å². The van der Waals surface area contributed by atoms with Crippen LogP contribution >= 0.6 is 0 Å². The maximum Gasteiger partial charge on any atom is 0.317 e. The van der Waals surface area contributed by atoms with Crippen molar-refractivity contribution in [1.29, 1.82) is 0 Å². The van der Waals surface area contributed by atoms with Crippen LogP contribution in [-0.4, -0.2) is 32.7 Å². The first-order chi connectivity index (χ1) is 12.0. The first kappa shape index (κ1) is 17.0. The topological polar surface area (TPSA) is 76.2 Å². The summed E-state index contributed by atoms with van der Waals surface area (Å²) in [6.45, 7) is 4.83. The molecule has 0 bridgehead atoms. The highest BCUT2D eigenvalue weighted by atomic mass is 16.5. The van der Waals surface area contributed by atoms with Crippen molar-refractivity contribution in [3.05, 3.63) is 47.6 Å². The van der Waals surface area contributed by atoms with Gasteiger partial charge in [0, 0.05) is 26.1 Å². The number of amides is 2. The summed E-state index contributed by atoms with van der Waals surface area (Å²) in [5.41, 5.74) is 2.70. The lowest BCUT2D eigenvalue weighted by atomic mass is 10.1. The third-order valence-corrected chi connectivity index (χ3v) is 4.17. The van der Waals surface area contributed by atoms with Gasteiger partial charge in [0.1, 0.15) is 17.3 Å². The average molecular weight is 341 g/mol. The Bertz CT molecular complexity index is 881. The summed E-state index contributed by atoms with van der Waals surface area (Å²) in [5, 5.41) is 6.82. The fourth-order valence-electron chi connectivity index (χ4n) is 2.61. The van der Waals surface area contributed by atoms with Crippen LogP contribution in [0.15, 0.2) is 34.9 Å². The Kier molecular flexibility index (Phi) is 4.74. The second-order valence-electron chi connectivity index (χ2n) is 6.47. The molecule has 7 nitrogen and oxygen atoms in total. The van der Waals surface area contributed by atoms with Crippen molar-refractivity contribution in [2.75, 3.05) is 7.05 Å². The second-order valence-corrected chi connectivity index (χ2v) is 6.47. The van der Waals surface area contributed by atoms with Crippen LogP contribution < -0.4 is 5.32 Å². The van der Waals surface area contributed by atoms with E-state index in [1.165, 1.54) is 0 Å². The Balaban J connectivity index is 1.60. The Morgan fingerprint density at radius 3 is 2.80 bits per heavy atom. The van der Waals surface area contributed by atoms with Gasteiger partial charge < -0.3 is 19.3 Å². The third-order valence-electron chi connectivity index (χ3n) is 4.17. The van der Waals surface area contributed by atoms with Crippen LogP contribution in [-0.2, 0) is 20.1 Å². The van der Waals surface area contributed by atoms with Gasteiger partial charge in [-0.1, -0.05) is 31.1 Å². The lowest BCUT2D eigenvalue weighted by Crippen LogP contribution is -2.37. The van der Waals surface area contributed by atoms with Crippen molar-refractivity contribution < 1.29 is 9.32 Å². The molecular weight excluding hydrogens is 318 g/mol. The number of aryl methyl sites for hydroxylation is 1. The molecule has 1 aromatic carbocycles. The van der Waals surface area contributed by atoms with Crippen LogP contribution in [0.5, 0.6) is 0 Å². The van der Waals surface area contributed by atoms with Gasteiger partial charge in [-0.15, -0.1) is 0 Å².